The van der Waals surface area contributed by atoms with Gasteiger partial charge in [-0.2, -0.15) is 0 Å². The van der Waals surface area contributed by atoms with Crippen LogP contribution in [0.15, 0.2) is 0 Å². The van der Waals surface area contributed by atoms with E-state index in [1.54, 1.807) is 0 Å². The van der Waals surface area contributed by atoms with Crippen molar-refractivity contribution in [2.24, 2.45) is 0 Å². The third-order valence-corrected chi connectivity index (χ3v) is 2.18. The molecule has 0 saturated carbocycles. The Morgan fingerprint density at radius 3 is 2.42 bits per heavy atom. The first-order chi connectivity index (χ1) is 5.74. The zero-order valence-electron chi connectivity index (χ0n) is 7.49. The minimum absolute atomic E-state index is 0.0365. The van der Waals surface area contributed by atoms with E-state index < -0.39 is 0 Å². The summed E-state index contributed by atoms with van der Waals surface area (Å²) in [7, 11) is 2.05. The van der Waals surface area contributed by atoms with Gasteiger partial charge in [0.25, 0.3) is 0 Å². The van der Waals surface area contributed by atoms with Crippen LogP contribution in [-0.4, -0.2) is 60.6 Å². The second-order valence-electron chi connectivity index (χ2n) is 3.16. The smallest absolute Gasteiger partial charge is 0.224 e. The molecule has 1 heterocycles. The molecular weight excluding hydrogens is 156 g/mol. The fraction of sp³-hybridized carbons (Fsp3) is 0.875. The highest BCUT2D eigenvalue weighted by Gasteiger charge is 2.17. The van der Waals surface area contributed by atoms with Crippen molar-refractivity contribution in [3.8, 4) is 0 Å². The van der Waals surface area contributed by atoms with Crippen LogP contribution in [0.2, 0.25) is 0 Å². The van der Waals surface area contributed by atoms with E-state index >= 15 is 0 Å². The van der Waals surface area contributed by atoms with Crippen LogP contribution in [0.1, 0.15) is 6.42 Å². The highest BCUT2D eigenvalue weighted by Crippen LogP contribution is 2.00. The average Bonchev–Trinajstić information content (AvgIpc) is 2.06. The summed E-state index contributed by atoms with van der Waals surface area (Å²) in [5.41, 5.74) is 0. The molecule has 1 fully saturated rings. The molecule has 70 valence electrons. The monoisotopic (exact) mass is 172 g/mol. The maximum atomic E-state index is 11.3. The van der Waals surface area contributed by atoms with Crippen molar-refractivity contribution >= 4 is 5.91 Å². The van der Waals surface area contributed by atoms with Gasteiger partial charge in [0.1, 0.15) is 0 Å². The minimum atomic E-state index is -0.0365. The number of hydrogen-bond acceptors (Lipinski definition) is 3. The third kappa shape index (κ3) is 2.46. The van der Waals surface area contributed by atoms with Gasteiger partial charge in [0.15, 0.2) is 0 Å². The van der Waals surface area contributed by atoms with Gasteiger partial charge in [-0.3, -0.25) is 4.79 Å². The highest BCUT2D eigenvalue weighted by atomic mass is 16.3. The van der Waals surface area contributed by atoms with Crippen LogP contribution in [0.3, 0.4) is 0 Å². The quantitative estimate of drug-likeness (QED) is 0.589. The number of amides is 1. The lowest BCUT2D eigenvalue weighted by Gasteiger charge is -2.32. The Morgan fingerprint density at radius 2 is 1.92 bits per heavy atom. The topological polar surface area (TPSA) is 43.8 Å². The van der Waals surface area contributed by atoms with Crippen LogP contribution in [0.4, 0.5) is 0 Å². The number of nitrogens with zero attached hydrogens (tertiary/aromatic N) is 2. The molecule has 0 atom stereocenters. The van der Waals surface area contributed by atoms with E-state index in [2.05, 4.69) is 4.90 Å². The molecule has 1 saturated heterocycles. The second kappa shape index (κ2) is 4.42. The predicted molar refractivity (Wildman–Crippen MR) is 45.8 cm³/mol. The van der Waals surface area contributed by atoms with Gasteiger partial charge in [-0.05, 0) is 7.05 Å². The molecular formula is C8H16N2O2. The molecule has 0 aromatic rings. The van der Waals surface area contributed by atoms with E-state index in [9.17, 15) is 4.79 Å². The number of hydrogen-bond donors (Lipinski definition) is 1. The van der Waals surface area contributed by atoms with Gasteiger partial charge < -0.3 is 14.9 Å². The molecule has 0 aliphatic carbocycles. The van der Waals surface area contributed by atoms with Crippen molar-refractivity contribution < 1.29 is 9.90 Å². The van der Waals surface area contributed by atoms with E-state index in [-0.39, 0.29) is 18.9 Å². The first kappa shape index (κ1) is 9.48. The first-order valence-electron chi connectivity index (χ1n) is 4.31. The van der Waals surface area contributed by atoms with Gasteiger partial charge >= 0.3 is 0 Å². The Hall–Kier alpha value is -0.610. The highest BCUT2D eigenvalue weighted by molar-refractivity contribution is 5.76. The van der Waals surface area contributed by atoms with Crippen molar-refractivity contribution in [1.29, 1.82) is 0 Å². The summed E-state index contributed by atoms with van der Waals surface area (Å²) in [5.74, 6) is 0.0746. The van der Waals surface area contributed by atoms with Gasteiger partial charge in [-0.25, -0.2) is 0 Å². The molecule has 12 heavy (non-hydrogen) atoms. The summed E-state index contributed by atoms with van der Waals surface area (Å²) in [5, 5.41) is 8.56. The third-order valence-electron chi connectivity index (χ3n) is 2.18. The number of carbonyl (C=O) groups is 1. The number of aliphatic hydroxyl groups is 1. The summed E-state index contributed by atoms with van der Waals surface area (Å²) in [6.07, 6.45) is 0.268. The van der Waals surface area contributed by atoms with Crippen molar-refractivity contribution in [1.82, 2.24) is 9.80 Å². The number of aliphatic hydroxyl groups excluding tert-OH is 1. The Labute approximate surface area is 72.8 Å². The predicted octanol–water partition coefficient (Wildman–Crippen LogP) is -0.857. The lowest BCUT2D eigenvalue weighted by molar-refractivity contribution is -0.133. The van der Waals surface area contributed by atoms with Crippen LogP contribution in [0.25, 0.3) is 0 Å². The number of likely N-dealkylation sites (N-methyl/N-ethyl adjacent to an activating group) is 1. The summed E-state index contributed by atoms with van der Waals surface area (Å²) in [6, 6.07) is 0. The molecule has 1 amide bonds. The van der Waals surface area contributed by atoms with E-state index in [4.69, 9.17) is 5.11 Å². The summed E-state index contributed by atoms with van der Waals surface area (Å²) >= 11 is 0. The van der Waals surface area contributed by atoms with E-state index in [0.29, 0.717) is 0 Å². The molecule has 0 spiro atoms. The van der Waals surface area contributed by atoms with E-state index in [1.165, 1.54) is 0 Å². The molecule has 4 nitrogen and oxygen atoms in total. The van der Waals surface area contributed by atoms with E-state index in [1.807, 2.05) is 11.9 Å². The number of rotatable bonds is 2. The molecule has 4 heteroatoms. The summed E-state index contributed by atoms with van der Waals surface area (Å²) < 4.78 is 0. The van der Waals surface area contributed by atoms with Crippen molar-refractivity contribution in [2.45, 2.75) is 6.42 Å². The van der Waals surface area contributed by atoms with Crippen LogP contribution >= 0.6 is 0 Å². The van der Waals surface area contributed by atoms with Crippen molar-refractivity contribution in [2.75, 3.05) is 39.8 Å². The zero-order valence-corrected chi connectivity index (χ0v) is 7.49. The molecule has 0 radical (unpaired) electrons. The largest absolute Gasteiger partial charge is 0.396 e. The second-order valence-corrected chi connectivity index (χ2v) is 3.16. The Morgan fingerprint density at radius 1 is 1.33 bits per heavy atom. The van der Waals surface area contributed by atoms with Crippen molar-refractivity contribution in [3.05, 3.63) is 0 Å². The fourth-order valence-electron chi connectivity index (χ4n) is 1.31. The minimum Gasteiger partial charge on any atom is -0.396 e. The Bertz CT molecular complexity index is 153. The molecule has 0 aromatic heterocycles. The zero-order chi connectivity index (χ0) is 8.97. The Balaban J connectivity index is 2.29. The molecule has 1 rings (SSSR count). The fourth-order valence-corrected chi connectivity index (χ4v) is 1.31. The standard InChI is InChI=1S/C8H16N2O2/c1-9-3-5-10(6-4-9)8(12)2-7-11/h11H,2-7H2,1H3. The van der Waals surface area contributed by atoms with Gasteiger partial charge in [0, 0.05) is 32.6 Å². The normalized spacial score (nSPS) is 19.7. The van der Waals surface area contributed by atoms with Crippen molar-refractivity contribution in [3.63, 3.8) is 0 Å². The molecule has 0 unspecified atom stereocenters. The van der Waals surface area contributed by atoms with Crippen LogP contribution < -0.4 is 0 Å². The summed E-state index contributed by atoms with van der Waals surface area (Å²) in [4.78, 5) is 15.3. The molecule has 0 aromatic carbocycles. The summed E-state index contributed by atoms with van der Waals surface area (Å²) in [6.45, 7) is 3.45. The molecule has 0 bridgehead atoms. The molecule has 1 aliphatic rings. The lowest BCUT2D eigenvalue weighted by Crippen LogP contribution is -2.47. The van der Waals surface area contributed by atoms with Crippen LogP contribution in [-0.2, 0) is 4.79 Å². The van der Waals surface area contributed by atoms with Gasteiger partial charge in [0.05, 0.1) is 6.61 Å². The first-order valence-corrected chi connectivity index (χ1v) is 4.31. The Kier molecular flexibility index (Phi) is 3.49. The maximum absolute atomic E-state index is 11.3. The van der Waals surface area contributed by atoms with E-state index in [0.717, 1.165) is 26.2 Å². The molecule has 1 aliphatic heterocycles. The van der Waals surface area contributed by atoms with Gasteiger partial charge in [-0.1, -0.05) is 0 Å². The lowest BCUT2D eigenvalue weighted by atomic mass is 10.3. The number of piperazine rings is 1. The van der Waals surface area contributed by atoms with Gasteiger partial charge in [-0.15, -0.1) is 0 Å². The van der Waals surface area contributed by atoms with Crippen LogP contribution in [0.5, 0.6) is 0 Å². The number of carbonyl (C=O) groups excluding carboxylic acids is 1. The maximum Gasteiger partial charge on any atom is 0.224 e. The van der Waals surface area contributed by atoms with Gasteiger partial charge in [0.2, 0.25) is 5.91 Å². The SMILES string of the molecule is CN1CCN(C(=O)CCO)CC1. The molecule has 1 N–H and O–H groups in total. The van der Waals surface area contributed by atoms with Crippen LogP contribution in [0, 0.1) is 0 Å². The average molecular weight is 172 g/mol.